The smallest absolute Gasteiger partial charge is 0.0245 e. The second-order valence-electron chi connectivity index (χ2n) is 5.21. The predicted octanol–water partition coefficient (Wildman–Crippen LogP) is 3.59. The summed E-state index contributed by atoms with van der Waals surface area (Å²) in [7, 11) is 0. The van der Waals surface area contributed by atoms with Crippen molar-refractivity contribution in [2.75, 3.05) is 6.54 Å². The van der Waals surface area contributed by atoms with Crippen LogP contribution in [-0.2, 0) is 0 Å². The van der Waals surface area contributed by atoms with Crippen molar-refractivity contribution >= 4 is 0 Å². The van der Waals surface area contributed by atoms with E-state index in [2.05, 4.69) is 31.0 Å². The molecule has 1 aliphatic carbocycles. The normalized spacial score (nSPS) is 26.9. The summed E-state index contributed by atoms with van der Waals surface area (Å²) in [4.78, 5) is 0. The third kappa shape index (κ3) is 4.58. The van der Waals surface area contributed by atoms with Crippen molar-refractivity contribution in [2.45, 2.75) is 65.3 Å². The molecule has 1 fully saturated rings. The average Bonchev–Trinajstić information content (AvgIpc) is 2.31. The third-order valence-electron chi connectivity index (χ3n) is 3.78. The molecule has 1 aliphatic rings. The second kappa shape index (κ2) is 7.74. The van der Waals surface area contributed by atoms with Crippen molar-refractivity contribution in [3.05, 3.63) is 0 Å². The van der Waals surface area contributed by atoms with E-state index in [4.69, 9.17) is 0 Å². The zero-order valence-corrected chi connectivity index (χ0v) is 11.2. The molecule has 0 amide bonds. The van der Waals surface area contributed by atoms with Gasteiger partial charge in [-0.15, -0.1) is 11.8 Å². The van der Waals surface area contributed by atoms with Crippen LogP contribution in [0.2, 0.25) is 0 Å². The van der Waals surface area contributed by atoms with Crippen molar-refractivity contribution in [3.63, 3.8) is 0 Å². The summed E-state index contributed by atoms with van der Waals surface area (Å²) < 4.78 is 0. The first-order valence-corrected chi connectivity index (χ1v) is 6.90. The van der Waals surface area contributed by atoms with Crippen LogP contribution >= 0.6 is 0 Å². The van der Waals surface area contributed by atoms with E-state index in [0.717, 1.165) is 24.8 Å². The number of hydrogen-bond acceptors (Lipinski definition) is 1. The molecule has 0 bridgehead atoms. The monoisotopic (exact) mass is 221 g/mol. The van der Waals surface area contributed by atoms with Gasteiger partial charge in [0.2, 0.25) is 0 Å². The van der Waals surface area contributed by atoms with Gasteiger partial charge in [-0.1, -0.05) is 26.7 Å². The first-order chi connectivity index (χ1) is 7.77. The Morgan fingerprint density at radius 1 is 1.25 bits per heavy atom. The van der Waals surface area contributed by atoms with E-state index in [9.17, 15) is 0 Å². The first-order valence-electron chi connectivity index (χ1n) is 6.90. The molecular formula is C15H27N. The fourth-order valence-corrected chi connectivity index (χ4v) is 2.64. The minimum atomic E-state index is 0.639. The van der Waals surface area contributed by atoms with Crippen LogP contribution in [-0.4, -0.2) is 12.6 Å². The van der Waals surface area contributed by atoms with Crippen LogP contribution in [0.4, 0.5) is 0 Å². The first kappa shape index (κ1) is 13.6. The molecule has 1 nitrogen and oxygen atoms in total. The molecule has 1 N–H and O–H groups in total. The molecule has 0 heterocycles. The standard InChI is InChI=1S/C15H27N/c1-4-6-7-15(16-12-5-2)14-10-8-13(3)9-11-14/h13-16H,5,7-12H2,1-3H3. The second-order valence-corrected chi connectivity index (χ2v) is 5.21. The van der Waals surface area contributed by atoms with Gasteiger partial charge in [0.1, 0.15) is 0 Å². The molecule has 0 radical (unpaired) electrons. The number of hydrogen-bond donors (Lipinski definition) is 1. The summed E-state index contributed by atoms with van der Waals surface area (Å²) in [5.41, 5.74) is 0. The Hall–Kier alpha value is -0.480. The van der Waals surface area contributed by atoms with E-state index in [1.54, 1.807) is 0 Å². The highest BCUT2D eigenvalue weighted by molar-refractivity contribution is 4.99. The Kier molecular flexibility index (Phi) is 6.57. The molecule has 0 aromatic heterocycles. The van der Waals surface area contributed by atoms with E-state index in [0.29, 0.717) is 6.04 Å². The minimum absolute atomic E-state index is 0.639. The zero-order chi connectivity index (χ0) is 11.8. The van der Waals surface area contributed by atoms with Crippen LogP contribution in [0.1, 0.15) is 59.3 Å². The van der Waals surface area contributed by atoms with Gasteiger partial charge in [0.15, 0.2) is 0 Å². The summed E-state index contributed by atoms with van der Waals surface area (Å²) in [6.45, 7) is 7.71. The predicted molar refractivity (Wildman–Crippen MR) is 71.3 cm³/mol. The van der Waals surface area contributed by atoms with Crippen LogP contribution in [0.15, 0.2) is 0 Å². The lowest BCUT2D eigenvalue weighted by molar-refractivity contribution is 0.232. The lowest BCUT2D eigenvalue weighted by Gasteiger charge is -2.32. The number of nitrogens with one attached hydrogen (secondary N) is 1. The largest absolute Gasteiger partial charge is 0.313 e. The fraction of sp³-hybridized carbons (Fsp3) is 0.867. The van der Waals surface area contributed by atoms with E-state index in [-0.39, 0.29) is 0 Å². The van der Waals surface area contributed by atoms with Crippen LogP contribution in [0.25, 0.3) is 0 Å². The van der Waals surface area contributed by atoms with Crippen molar-refractivity contribution in [2.24, 2.45) is 11.8 Å². The van der Waals surface area contributed by atoms with E-state index >= 15 is 0 Å². The molecule has 0 saturated heterocycles. The number of rotatable bonds is 5. The molecule has 0 aromatic rings. The van der Waals surface area contributed by atoms with Gasteiger partial charge in [-0.3, -0.25) is 0 Å². The lowest BCUT2D eigenvalue weighted by atomic mass is 9.78. The van der Waals surface area contributed by atoms with Crippen molar-refractivity contribution in [1.29, 1.82) is 0 Å². The van der Waals surface area contributed by atoms with Crippen LogP contribution < -0.4 is 5.32 Å². The van der Waals surface area contributed by atoms with Crippen molar-refractivity contribution in [1.82, 2.24) is 5.32 Å². The highest BCUT2D eigenvalue weighted by Gasteiger charge is 2.24. The summed E-state index contributed by atoms with van der Waals surface area (Å²) in [6, 6.07) is 0.639. The van der Waals surface area contributed by atoms with Crippen LogP contribution in [0.5, 0.6) is 0 Å². The van der Waals surface area contributed by atoms with Gasteiger partial charge in [0.25, 0.3) is 0 Å². The van der Waals surface area contributed by atoms with Crippen molar-refractivity contribution < 1.29 is 0 Å². The maximum atomic E-state index is 3.69. The van der Waals surface area contributed by atoms with Gasteiger partial charge in [-0.25, -0.2) is 0 Å². The Bertz CT molecular complexity index is 228. The van der Waals surface area contributed by atoms with E-state index in [1.165, 1.54) is 32.1 Å². The molecule has 0 aromatic carbocycles. The minimum Gasteiger partial charge on any atom is -0.313 e. The molecule has 16 heavy (non-hydrogen) atoms. The quantitative estimate of drug-likeness (QED) is 0.700. The van der Waals surface area contributed by atoms with Gasteiger partial charge in [0, 0.05) is 12.5 Å². The van der Waals surface area contributed by atoms with E-state index < -0.39 is 0 Å². The molecule has 0 spiro atoms. The molecule has 1 rings (SSSR count). The van der Waals surface area contributed by atoms with Crippen molar-refractivity contribution in [3.8, 4) is 11.8 Å². The molecule has 1 heteroatoms. The van der Waals surface area contributed by atoms with Crippen LogP contribution in [0, 0.1) is 23.7 Å². The molecule has 1 atom stereocenters. The van der Waals surface area contributed by atoms with Gasteiger partial charge < -0.3 is 5.32 Å². The Balaban J connectivity index is 2.42. The van der Waals surface area contributed by atoms with Crippen LogP contribution in [0.3, 0.4) is 0 Å². The van der Waals surface area contributed by atoms with Gasteiger partial charge >= 0.3 is 0 Å². The summed E-state index contributed by atoms with van der Waals surface area (Å²) in [6.07, 6.45) is 7.87. The maximum Gasteiger partial charge on any atom is 0.0245 e. The highest BCUT2D eigenvalue weighted by Crippen LogP contribution is 2.31. The SMILES string of the molecule is CC#CCC(NCCC)C1CCC(C)CC1. The summed E-state index contributed by atoms with van der Waals surface area (Å²) in [5.74, 6) is 8.09. The lowest BCUT2D eigenvalue weighted by Crippen LogP contribution is -2.38. The molecule has 1 unspecified atom stereocenters. The van der Waals surface area contributed by atoms with Gasteiger partial charge in [-0.05, 0) is 44.6 Å². The highest BCUT2D eigenvalue weighted by atomic mass is 14.9. The average molecular weight is 221 g/mol. The topological polar surface area (TPSA) is 12.0 Å². The van der Waals surface area contributed by atoms with Gasteiger partial charge in [0.05, 0.1) is 0 Å². The summed E-state index contributed by atoms with van der Waals surface area (Å²) >= 11 is 0. The zero-order valence-electron chi connectivity index (χ0n) is 11.2. The Morgan fingerprint density at radius 3 is 2.50 bits per heavy atom. The van der Waals surface area contributed by atoms with Gasteiger partial charge in [-0.2, -0.15) is 0 Å². The fourth-order valence-electron chi connectivity index (χ4n) is 2.64. The molecular weight excluding hydrogens is 194 g/mol. The molecule has 1 saturated carbocycles. The Labute approximate surface area is 101 Å². The molecule has 92 valence electrons. The van der Waals surface area contributed by atoms with E-state index in [1.807, 2.05) is 6.92 Å². The maximum absolute atomic E-state index is 3.69. The summed E-state index contributed by atoms with van der Waals surface area (Å²) in [5, 5.41) is 3.69. The third-order valence-corrected chi connectivity index (χ3v) is 3.78. The Morgan fingerprint density at radius 2 is 1.94 bits per heavy atom. The molecule has 0 aliphatic heterocycles.